The highest BCUT2D eigenvalue weighted by atomic mass is 16.5. The van der Waals surface area contributed by atoms with Gasteiger partial charge in [-0.2, -0.15) is 0 Å². The molecule has 0 unspecified atom stereocenters. The van der Waals surface area contributed by atoms with Crippen LogP contribution in [0.5, 0.6) is 0 Å². The van der Waals surface area contributed by atoms with Crippen LogP contribution in [0.3, 0.4) is 0 Å². The Labute approximate surface area is 210 Å². The smallest absolute Gasteiger partial charge is 0.302 e. The lowest BCUT2D eigenvalue weighted by molar-refractivity contribution is -0.179. The van der Waals surface area contributed by atoms with Crippen LogP contribution in [-0.4, -0.2) is 12.1 Å². The Hall–Kier alpha value is -0.790. The van der Waals surface area contributed by atoms with Crippen LogP contribution >= 0.6 is 0 Å². The van der Waals surface area contributed by atoms with E-state index in [9.17, 15) is 4.79 Å². The molecule has 0 saturated heterocycles. The van der Waals surface area contributed by atoms with E-state index in [1.165, 1.54) is 51.4 Å². The minimum atomic E-state index is -0.114. The fraction of sp³-hybridized carbons (Fsp3) is 0.906. The zero-order valence-corrected chi connectivity index (χ0v) is 23.7. The highest BCUT2D eigenvalue weighted by Gasteiger charge is 2.68. The van der Waals surface area contributed by atoms with Crippen molar-refractivity contribution in [3.8, 4) is 0 Å². The minimum absolute atomic E-state index is 0.0349. The van der Waals surface area contributed by atoms with Gasteiger partial charge in [-0.3, -0.25) is 4.79 Å². The third-order valence-electron chi connectivity index (χ3n) is 13.5. The molecule has 4 saturated carbocycles. The molecule has 5 rings (SSSR count). The number of esters is 1. The van der Waals surface area contributed by atoms with Gasteiger partial charge in [0.1, 0.15) is 6.10 Å². The lowest BCUT2D eigenvalue weighted by Crippen LogP contribution is -2.62. The van der Waals surface area contributed by atoms with Gasteiger partial charge in [0.05, 0.1) is 0 Å². The number of carbonyl (C=O) groups is 1. The molecule has 2 heteroatoms. The van der Waals surface area contributed by atoms with E-state index in [0.29, 0.717) is 22.2 Å². The first-order chi connectivity index (χ1) is 15.7. The molecule has 0 heterocycles. The van der Waals surface area contributed by atoms with Crippen LogP contribution in [0.25, 0.3) is 0 Å². The summed E-state index contributed by atoms with van der Waals surface area (Å²) >= 11 is 0. The third-order valence-corrected chi connectivity index (χ3v) is 13.5. The lowest BCUT2D eigenvalue weighted by atomic mass is 9.35. The molecule has 5 aliphatic rings. The average Bonchev–Trinajstić information content (AvgIpc) is 3.10. The Morgan fingerprint density at radius 3 is 2.21 bits per heavy atom. The van der Waals surface area contributed by atoms with Crippen molar-refractivity contribution < 1.29 is 9.53 Å². The van der Waals surface area contributed by atoms with Crippen molar-refractivity contribution in [1.29, 1.82) is 0 Å². The molecule has 0 aromatic heterocycles. The van der Waals surface area contributed by atoms with Crippen molar-refractivity contribution in [1.82, 2.24) is 0 Å². The van der Waals surface area contributed by atoms with Crippen molar-refractivity contribution in [3.05, 3.63) is 11.6 Å². The van der Waals surface area contributed by atoms with Gasteiger partial charge in [0.2, 0.25) is 0 Å². The number of carbonyl (C=O) groups excluding carboxylic acids is 1. The second kappa shape index (κ2) is 7.61. The second-order valence-corrected chi connectivity index (χ2v) is 15.2. The second-order valence-electron chi connectivity index (χ2n) is 15.2. The Balaban J connectivity index is 1.51. The van der Waals surface area contributed by atoms with Gasteiger partial charge in [0.15, 0.2) is 0 Å². The summed E-state index contributed by atoms with van der Waals surface area (Å²) in [5.74, 6) is 3.79. The van der Waals surface area contributed by atoms with E-state index in [2.05, 4.69) is 61.5 Å². The average molecular weight is 469 g/mol. The number of ether oxygens (including phenoxy) is 1. The molecule has 0 aromatic carbocycles. The molecular formula is C32H52O2. The molecule has 192 valence electrons. The number of allylic oxidation sites excluding steroid dienone is 2. The Kier molecular flexibility index (Phi) is 5.57. The number of rotatable bonds is 2. The number of hydrogen-bond acceptors (Lipinski definition) is 2. The van der Waals surface area contributed by atoms with E-state index in [1.807, 2.05) is 0 Å². The van der Waals surface area contributed by atoms with Gasteiger partial charge < -0.3 is 4.74 Å². The van der Waals surface area contributed by atoms with Gasteiger partial charge >= 0.3 is 5.97 Å². The van der Waals surface area contributed by atoms with Crippen LogP contribution < -0.4 is 0 Å². The summed E-state index contributed by atoms with van der Waals surface area (Å²) in [6.07, 6.45) is 14.6. The molecule has 0 spiro atoms. The molecule has 0 N–H and O–H groups in total. The maximum Gasteiger partial charge on any atom is 0.302 e. The van der Waals surface area contributed by atoms with Crippen LogP contribution in [0, 0.1) is 56.7 Å². The van der Waals surface area contributed by atoms with Gasteiger partial charge in [-0.25, -0.2) is 0 Å². The standard InChI is InChI=1S/C32H52O2/c1-20(2)22-10-13-26-30(22,7)18-19-31(8)24-11-12-25-28(4,5)27(34-21(3)33)15-16-29(25,6)23(24)14-17-32(26,31)9/h14,20,22,24-27H,10-13,15-19H2,1-9H3/t22-,24-,25+,26+,27+,29-,30+,31+,32-/m1/s1. The first-order valence-electron chi connectivity index (χ1n) is 14.6. The van der Waals surface area contributed by atoms with Crippen LogP contribution in [0.4, 0.5) is 0 Å². The molecule has 0 aromatic rings. The molecule has 0 bridgehead atoms. The molecule has 4 fully saturated rings. The summed E-state index contributed by atoms with van der Waals surface area (Å²) in [6.45, 7) is 22.0. The Bertz CT molecular complexity index is 883. The van der Waals surface area contributed by atoms with E-state index in [0.717, 1.165) is 30.1 Å². The van der Waals surface area contributed by atoms with Gasteiger partial charge in [-0.15, -0.1) is 0 Å². The number of hydrogen-bond donors (Lipinski definition) is 0. The van der Waals surface area contributed by atoms with E-state index in [1.54, 1.807) is 12.5 Å². The molecule has 9 atom stereocenters. The topological polar surface area (TPSA) is 26.3 Å². The van der Waals surface area contributed by atoms with E-state index in [4.69, 9.17) is 4.74 Å². The van der Waals surface area contributed by atoms with Crippen molar-refractivity contribution in [2.45, 2.75) is 126 Å². The summed E-state index contributed by atoms with van der Waals surface area (Å²) in [7, 11) is 0. The van der Waals surface area contributed by atoms with Crippen molar-refractivity contribution in [2.75, 3.05) is 0 Å². The molecular weight excluding hydrogens is 416 g/mol. The maximum atomic E-state index is 11.9. The van der Waals surface area contributed by atoms with Gasteiger partial charge in [0.25, 0.3) is 0 Å². The summed E-state index contributed by atoms with van der Waals surface area (Å²) in [5.41, 5.74) is 3.46. The molecule has 0 radical (unpaired) electrons. The summed E-state index contributed by atoms with van der Waals surface area (Å²) in [6, 6.07) is 0. The van der Waals surface area contributed by atoms with E-state index >= 15 is 0 Å². The van der Waals surface area contributed by atoms with Crippen LogP contribution in [0.15, 0.2) is 11.6 Å². The predicted octanol–water partition coefficient (Wildman–Crippen LogP) is 8.60. The lowest BCUT2D eigenvalue weighted by Gasteiger charge is -2.69. The van der Waals surface area contributed by atoms with Crippen molar-refractivity contribution >= 4 is 5.97 Å². The van der Waals surface area contributed by atoms with Gasteiger partial charge in [-0.05, 0) is 109 Å². The fourth-order valence-corrected chi connectivity index (χ4v) is 11.6. The van der Waals surface area contributed by atoms with Crippen LogP contribution in [-0.2, 0) is 9.53 Å². The largest absolute Gasteiger partial charge is 0.462 e. The fourth-order valence-electron chi connectivity index (χ4n) is 11.6. The quantitative estimate of drug-likeness (QED) is 0.299. The summed E-state index contributed by atoms with van der Waals surface area (Å²) in [5, 5.41) is 0. The maximum absolute atomic E-state index is 11.9. The van der Waals surface area contributed by atoms with Crippen molar-refractivity contribution in [3.63, 3.8) is 0 Å². The highest BCUT2D eigenvalue weighted by Crippen LogP contribution is 2.76. The van der Waals surface area contributed by atoms with Crippen LogP contribution in [0.2, 0.25) is 0 Å². The zero-order valence-electron chi connectivity index (χ0n) is 23.7. The normalized spacial score (nSPS) is 51.6. The minimum Gasteiger partial charge on any atom is -0.462 e. The summed E-state index contributed by atoms with van der Waals surface area (Å²) in [4.78, 5) is 11.9. The molecule has 5 aliphatic carbocycles. The zero-order chi connectivity index (χ0) is 24.9. The van der Waals surface area contributed by atoms with Crippen LogP contribution in [0.1, 0.15) is 120 Å². The SMILES string of the molecule is CC(=O)O[C@H]1CC[C@]2(C)C3=CC[C@]4(C)[C@H]5CC[C@H](C(C)C)[C@]5(C)CC[C@@]4(C)[C@@H]3CC[C@H]2C1(C)C. The summed E-state index contributed by atoms with van der Waals surface area (Å²) < 4.78 is 5.89. The van der Waals surface area contributed by atoms with E-state index in [-0.39, 0.29) is 22.9 Å². The van der Waals surface area contributed by atoms with Crippen molar-refractivity contribution in [2.24, 2.45) is 56.7 Å². The first-order valence-corrected chi connectivity index (χ1v) is 14.6. The third kappa shape index (κ3) is 3.01. The molecule has 2 nitrogen and oxygen atoms in total. The molecule has 34 heavy (non-hydrogen) atoms. The number of fused-ring (bicyclic) bond motifs is 7. The van der Waals surface area contributed by atoms with Gasteiger partial charge in [-0.1, -0.05) is 67.0 Å². The molecule has 0 amide bonds. The monoisotopic (exact) mass is 468 g/mol. The van der Waals surface area contributed by atoms with Gasteiger partial charge in [0, 0.05) is 12.3 Å². The first kappa shape index (κ1) is 24.9. The Morgan fingerprint density at radius 2 is 1.56 bits per heavy atom. The predicted molar refractivity (Wildman–Crippen MR) is 140 cm³/mol. The Morgan fingerprint density at radius 1 is 0.882 bits per heavy atom. The van der Waals surface area contributed by atoms with E-state index < -0.39 is 0 Å². The highest BCUT2D eigenvalue weighted by molar-refractivity contribution is 5.66. The molecule has 0 aliphatic heterocycles.